The van der Waals surface area contributed by atoms with Crippen LogP contribution >= 0.6 is 11.6 Å². The molecular weight excluding hydrogens is 274 g/mol. The van der Waals surface area contributed by atoms with Gasteiger partial charge >= 0.3 is 0 Å². The topological polar surface area (TPSA) is 67.1 Å². The molecule has 1 aliphatic heterocycles. The zero-order chi connectivity index (χ0) is 13.9. The third kappa shape index (κ3) is 2.69. The number of nitrogen functional groups attached to an aromatic ring is 1. The average molecular weight is 290 g/mol. The van der Waals surface area contributed by atoms with Gasteiger partial charge in [0.2, 0.25) is 5.95 Å². The fourth-order valence-corrected chi connectivity index (χ4v) is 2.47. The first kappa shape index (κ1) is 13.1. The first-order valence-electron chi connectivity index (χ1n) is 6.58. The molecule has 104 valence electrons. The van der Waals surface area contributed by atoms with Crippen molar-refractivity contribution >= 4 is 23.2 Å². The van der Waals surface area contributed by atoms with Gasteiger partial charge in [-0.15, -0.1) is 0 Å². The van der Waals surface area contributed by atoms with E-state index in [9.17, 15) is 0 Å². The Morgan fingerprint density at radius 1 is 1.15 bits per heavy atom. The van der Waals surface area contributed by atoms with Crippen LogP contribution in [0.2, 0.25) is 5.02 Å². The maximum absolute atomic E-state index is 5.94. The van der Waals surface area contributed by atoms with Gasteiger partial charge in [0.05, 0.1) is 17.6 Å². The Morgan fingerprint density at radius 3 is 2.55 bits per heavy atom. The Morgan fingerprint density at radius 2 is 1.85 bits per heavy atom. The SMILES string of the molecule is Nc1ncc(N2CCNCC2)c(-c2ccc(Cl)cc2)n1. The number of anilines is 2. The van der Waals surface area contributed by atoms with Gasteiger partial charge < -0.3 is 16.0 Å². The molecule has 0 saturated carbocycles. The van der Waals surface area contributed by atoms with Crippen molar-refractivity contribution in [3.8, 4) is 11.3 Å². The predicted octanol–water partition coefficient (Wildman–Crippen LogP) is 1.79. The summed E-state index contributed by atoms with van der Waals surface area (Å²) in [6.45, 7) is 3.80. The summed E-state index contributed by atoms with van der Waals surface area (Å²) < 4.78 is 0. The molecule has 2 heterocycles. The summed E-state index contributed by atoms with van der Waals surface area (Å²) in [6, 6.07) is 7.62. The minimum absolute atomic E-state index is 0.286. The molecule has 1 fully saturated rings. The van der Waals surface area contributed by atoms with Crippen molar-refractivity contribution in [1.29, 1.82) is 0 Å². The summed E-state index contributed by atoms with van der Waals surface area (Å²) in [5.74, 6) is 0.286. The lowest BCUT2D eigenvalue weighted by molar-refractivity contribution is 0.588. The highest BCUT2D eigenvalue weighted by atomic mass is 35.5. The standard InChI is InChI=1S/C14H16ClN5/c15-11-3-1-10(2-4-11)13-12(9-18-14(16)19-13)20-7-5-17-6-8-20/h1-4,9,17H,5-8H2,(H2,16,18,19). The maximum atomic E-state index is 5.94. The third-order valence-corrected chi connectivity index (χ3v) is 3.62. The number of nitrogens with one attached hydrogen (secondary N) is 1. The molecule has 3 N–H and O–H groups in total. The molecule has 0 amide bonds. The molecule has 0 radical (unpaired) electrons. The molecule has 20 heavy (non-hydrogen) atoms. The molecule has 0 aliphatic carbocycles. The van der Waals surface area contributed by atoms with E-state index in [0.29, 0.717) is 5.02 Å². The van der Waals surface area contributed by atoms with Crippen LogP contribution < -0.4 is 16.0 Å². The molecule has 1 aliphatic rings. The molecule has 0 atom stereocenters. The van der Waals surface area contributed by atoms with Crippen LogP contribution in [0.15, 0.2) is 30.5 Å². The molecule has 2 aromatic rings. The molecular formula is C14H16ClN5. The van der Waals surface area contributed by atoms with Crippen LogP contribution in [-0.4, -0.2) is 36.1 Å². The van der Waals surface area contributed by atoms with Crippen LogP contribution in [0.3, 0.4) is 0 Å². The van der Waals surface area contributed by atoms with Gasteiger partial charge in [-0.3, -0.25) is 0 Å². The van der Waals surface area contributed by atoms with Gasteiger partial charge in [0.15, 0.2) is 0 Å². The number of benzene rings is 1. The van der Waals surface area contributed by atoms with Crippen LogP contribution in [0.5, 0.6) is 0 Å². The van der Waals surface area contributed by atoms with Gasteiger partial charge in [0.1, 0.15) is 0 Å². The predicted molar refractivity (Wildman–Crippen MR) is 82.0 cm³/mol. The lowest BCUT2D eigenvalue weighted by Crippen LogP contribution is -2.43. The molecule has 0 unspecified atom stereocenters. The molecule has 5 nitrogen and oxygen atoms in total. The van der Waals surface area contributed by atoms with Crippen molar-refractivity contribution in [2.45, 2.75) is 0 Å². The Labute approximate surface area is 122 Å². The van der Waals surface area contributed by atoms with E-state index in [1.165, 1.54) is 0 Å². The van der Waals surface area contributed by atoms with Crippen molar-refractivity contribution in [2.75, 3.05) is 36.8 Å². The highest BCUT2D eigenvalue weighted by molar-refractivity contribution is 6.30. The molecule has 1 aromatic carbocycles. The number of piperazine rings is 1. The molecule has 6 heteroatoms. The second-order valence-corrected chi connectivity index (χ2v) is 5.14. The second-order valence-electron chi connectivity index (χ2n) is 4.71. The lowest BCUT2D eigenvalue weighted by Gasteiger charge is -2.30. The zero-order valence-corrected chi connectivity index (χ0v) is 11.8. The Kier molecular flexibility index (Phi) is 3.71. The fraction of sp³-hybridized carbons (Fsp3) is 0.286. The van der Waals surface area contributed by atoms with E-state index >= 15 is 0 Å². The van der Waals surface area contributed by atoms with E-state index < -0.39 is 0 Å². The number of halogens is 1. The van der Waals surface area contributed by atoms with Crippen LogP contribution in [-0.2, 0) is 0 Å². The Balaban J connectivity index is 2.03. The summed E-state index contributed by atoms with van der Waals surface area (Å²) in [5, 5.41) is 4.05. The highest BCUT2D eigenvalue weighted by Crippen LogP contribution is 2.30. The quantitative estimate of drug-likeness (QED) is 0.882. The van der Waals surface area contributed by atoms with Crippen molar-refractivity contribution in [3.63, 3.8) is 0 Å². The monoisotopic (exact) mass is 289 g/mol. The van der Waals surface area contributed by atoms with Crippen LogP contribution in [0.4, 0.5) is 11.6 Å². The third-order valence-electron chi connectivity index (χ3n) is 3.36. The van der Waals surface area contributed by atoms with Crippen molar-refractivity contribution < 1.29 is 0 Å². The summed E-state index contributed by atoms with van der Waals surface area (Å²) >= 11 is 5.94. The molecule has 0 spiro atoms. The van der Waals surface area contributed by atoms with Crippen LogP contribution in [0.25, 0.3) is 11.3 Å². The largest absolute Gasteiger partial charge is 0.368 e. The maximum Gasteiger partial charge on any atom is 0.220 e. The molecule has 1 aromatic heterocycles. The van der Waals surface area contributed by atoms with Gasteiger partial charge in [0.25, 0.3) is 0 Å². The first-order chi connectivity index (χ1) is 9.74. The summed E-state index contributed by atoms with van der Waals surface area (Å²) in [7, 11) is 0. The number of hydrogen-bond acceptors (Lipinski definition) is 5. The number of nitrogens with zero attached hydrogens (tertiary/aromatic N) is 3. The number of rotatable bonds is 2. The van der Waals surface area contributed by atoms with E-state index in [-0.39, 0.29) is 5.95 Å². The molecule has 1 saturated heterocycles. The highest BCUT2D eigenvalue weighted by Gasteiger charge is 2.17. The van der Waals surface area contributed by atoms with Crippen molar-refractivity contribution in [2.24, 2.45) is 0 Å². The zero-order valence-electron chi connectivity index (χ0n) is 11.0. The number of nitrogens with two attached hydrogens (primary N) is 1. The molecule has 0 bridgehead atoms. The van der Waals surface area contributed by atoms with Gasteiger partial charge in [-0.25, -0.2) is 9.97 Å². The van der Waals surface area contributed by atoms with Crippen LogP contribution in [0.1, 0.15) is 0 Å². The minimum atomic E-state index is 0.286. The second kappa shape index (κ2) is 5.64. The van der Waals surface area contributed by atoms with Gasteiger partial charge in [0, 0.05) is 36.8 Å². The normalized spacial score (nSPS) is 15.3. The smallest absolute Gasteiger partial charge is 0.220 e. The Bertz CT molecular complexity index is 593. The van der Waals surface area contributed by atoms with E-state index in [2.05, 4.69) is 20.2 Å². The summed E-state index contributed by atoms with van der Waals surface area (Å²) in [4.78, 5) is 10.8. The summed E-state index contributed by atoms with van der Waals surface area (Å²) in [6.07, 6.45) is 1.80. The van der Waals surface area contributed by atoms with Gasteiger partial charge in [-0.1, -0.05) is 23.7 Å². The van der Waals surface area contributed by atoms with Crippen LogP contribution in [0, 0.1) is 0 Å². The molecule has 3 rings (SSSR count). The first-order valence-corrected chi connectivity index (χ1v) is 6.96. The minimum Gasteiger partial charge on any atom is -0.368 e. The number of aromatic nitrogens is 2. The van der Waals surface area contributed by atoms with Gasteiger partial charge in [-0.2, -0.15) is 0 Å². The van der Waals surface area contributed by atoms with Gasteiger partial charge in [-0.05, 0) is 12.1 Å². The average Bonchev–Trinajstić information content (AvgIpc) is 2.49. The lowest BCUT2D eigenvalue weighted by atomic mass is 10.1. The summed E-state index contributed by atoms with van der Waals surface area (Å²) in [5.41, 5.74) is 8.62. The fourth-order valence-electron chi connectivity index (χ4n) is 2.35. The van der Waals surface area contributed by atoms with E-state index in [4.69, 9.17) is 17.3 Å². The van der Waals surface area contributed by atoms with E-state index in [0.717, 1.165) is 43.1 Å². The van der Waals surface area contributed by atoms with E-state index in [1.54, 1.807) is 6.20 Å². The van der Waals surface area contributed by atoms with E-state index in [1.807, 2.05) is 24.3 Å². The van der Waals surface area contributed by atoms with Crippen molar-refractivity contribution in [1.82, 2.24) is 15.3 Å². The number of hydrogen-bond donors (Lipinski definition) is 2. The van der Waals surface area contributed by atoms with Crippen molar-refractivity contribution in [3.05, 3.63) is 35.5 Å². The Hall–Kier alpha value is -1.85.